The van der Waals surface area contributed by atoms with Crippen LogP contribution in [0.15, 0.2) is 21.7 Å². The van der Waals surface area contributed by atoms with Crippen LogP contribution >= 0.6 is 11.3 Å². The van der Waals surface area contributed by atoms with Gasteiger partial charge in [-0.05, 0) is 38.2 Å². The topological polar surface area (TPSA) is 60.9 Å². The van der Waals surface area contributed by atoms with Crippen LogP contribution in [0.4, 0.5) is 0 Å². The van der Waals surface area contributed by atoms with E-state index < -0.39 is 0 Å². The zero-order valence-corrected chi connectivity index (χ0v) is 12.6. The molecule has 6 heteroatoms. The van der Waals surface area contributed by atoms with Crippen molar-refractivity contribution < 1.29 is 4.52 Å². The smallest absolute Gasteiger partial charge is 0.262 e. The molecule has 3 aromatic rings. The van der Waals surface area contributed by atoms with Gasteiger partial charge in [0.25, 0.3) is 5.56 Å². The number of nitrogens with zero attached hydrogens (tertiary/aromatic N) is 3. The Morgan fingerprint density at radius 1 is 1.38 bits per heavy atom. The molecular formula is C15H15N3O2S. The molecule has 0 saturated carbocycles. The van der Waals surface area contributed by atoms with E-state index in [4.69, 9.17) is 4.52 Å². The summed E-state index contributed by atoms with van der Waals surface area (Å²) in [5.41, 5.74) is 2.02. The van der Waals surface area contributed by atoms with Gasteiger partial charge in [-0.3, -0.25) is 9.36 Å². The molecular weight excluding hydrogens is 286 g/mol. The van der Waals surface area contributed by atoms with Gasteiger partial charge in [0.2, 0.25) is 0 Å². The van der Waals surface area contributed by atoms with E-state index in [1.54, 1.807) is 22.2 Å². The van der Waals surface area contributed by atoms with Gasteiger partial charge >= 0.3 is 0 Å². The van der Waals surface area contributed by atoms with Gasteiger partial charge in [-0.25, -0.2) is 4.98 Å². The standard InChI is InChI=1S/C15H15N3O2S/c1-9-6-10(17-20-9)7-18-8-16-14-13(15(18)19)11-4-2-3-5-12(11)21-14/h6,8H,2-5,7H2,1H3. The quantitative estimate of drug-likeness (QED) is 0.730. The average Bonchev–Trinajstić information content (AvgIpc) is 3.05. The average molecular weight is 301 g/mol. The number of rotatable bonds is 2. The highest BCUT2D eigenvalue weighted by Crippen LogP contribution is 2.33. The molecule has 1 aliphatic rings. The fourth-order valence-electron chi connectivity index (χ4n) is 2.96. The second-order valence-corrected chi connectivity index (χ2v) is 6.58. The first kappa shape index (κ1) is 12.8. The molecule has 0 bridgehead atoms. The Labute approximate surface area is 125 Å². The van der Waals surface area contributed by atoms with Crippen LogP contribution in [0.3, 0.4) is 0 Å². The minimum Gasteiger partial charge on any atom is -0.361 e. The number of fused-ring (bicyclic) bond motifs is 3. The van der Waals surface area contributed by atoms with Crippen molar-refractivity contribution in [3.63, 3.8) is 0 Å². The molecule has 0 fully saturated rings. The van der Waals surface area contributed by atoms with Crippen LogP contribution in [0, 0.1) is 6.92 Å². The first-order valence-electron chi connectivity index (χ1n) is 7.14. The lowest BCUT2D eigenvalue weighted by atomic mass is 9.97. The molecule has 0 unspecified atom stereocenters. The molecule has 0 N–H and O–H groups in total. The van der Waals surface area contributed by atoms with Crippen LogP contribution in [-0.2, 0) is 19.4 Å². The first-order valence-corrected chi connectivity index (χ1v) is 7.96. The molecule has 3 aromatic heterocycles. The van der Waals surface area contributed by atoms with Crippen LogP contribution in [0.5, 0.6) is 0 Å². The van der Waals surface area contributed by atoms with E-state index >= 15 is 0 Å². The van der Waals surface area contributed by atoms with Gasteiger partial charge < -0.3 is 4.52 Å². The second-order valence-electron chi connectivity index (χ2n) is 5.50. The summed E-state index contributed by atoms with van der Waals surface area (Å²) >= 11 is 1.67. The molecule has 5 nitrogen and oxygen atoms in total. The zero-order chi connectivity index (χ0) is 14.4. The Kier molecular flexibility index (Phi) is 2.92. The van der Waals surface area contributed by atoms with Gasteiger partial charge in [-0.1, -0.05) is 5.16 Å². The van der Waals surface area contributed by atoms with E-state index in [0.717, 1.165) is 40.9 Å². The van der Waals surface area contributed by atoms with Gasteiger partial charge in [0.1, 0.15) is 16.3 Å². The lowest BCUT2D eigenvalue weighted by Gasteiger charge is -2.10. The summed E-state index contributed by atoms with van der Waals surface area (Å²) in [4.78, 5) is 19.4. The first-order chi connectivity index (χ1) is 10.2. The van der Waals surface area contributed by atoms with Crippen LogP contribution in [0.1, 0.15) is 34.7 Å². The van der Waals surface area contributed by atoms with Crippen LogP contribution < -0.4 is 5.56 Å². The molecule has 0 saturated heterocycles. The Bertz CT molecular complexity index is 875. The van der Waals surface area contributed by atoms with Crippen molar-refractivity contribution in [2.45, 2.75) is 39.2 Å². The minimum atomic E-state index is 0.0417. The maximum Gasteiger partial charge on any atom is 0.262 e. The van der Waals surface area contributed by atoms with Gasteiger partial charge in [0, 0.05) is 10.9 Å². The Morgan fingerprint density at radius 3 is 3.05 bits per heavy atom. The third kappa shape index (κ3) is 2.10. The highest BCUT2D eigenvalue weighted by Gasteiger charge is 2.20. The van der Waals surface area contributed by atoms with Crippen molar-refractivity contribution in [1.82, 2.24) is 14.7 Å². The maximum atomic E-state index is 12.7. The third-order valence-electron chi connectivity index (χ3n) is 3.95. The molecule has 3 heterocycles. The molecule has 21 heavy (non-hydrogen) atoms. The van der Waals surface area contributed by atoms with E-state index in [-0.39, 0.29) is 5.56 Å². The molecule has 108 valence electrons. The molecule has 0 atom stereocenters. The fraction of sp³-hybridized carbons (Fsp3) is 0.400. The molecule has 1 aliphatic carbocycles. The summed E-state index contributed by atoms with van der Waals surface area (Å²) < 4.78 is 6.68. The van der Waals surface area contributed by atoms with Crippen LogP contribution in [-0.4, -0.2) is 14.7 Å². The summed E-state index contributed by atoms with van der Waals surface area (Å²) in [5.74, 6) is 0.750. The highest BCUT2D eigenvalue weighted by molar-refractivity contribution is 7.18. The molecule has 4 rings (SSSR count). The molecule has 0 radical (unpaired) electrons. The predicted octanol–water partition coefficient (Wildman–Crippen LogP) is 2.68. The van der Waals surface area contributed by atoms with Crippen molar-refractivity contribution in [3.8, 4) is 0 Å². The van der Waals surface area contributed by atoms with Crippen LogP contribution in [0.2, 0.25) is 0 Å². The highest BCUT2D eigenvalue weighted by atomic mass is 32.1. The second kappa shape index (κ2) is 4.80. The summed E-state index contributed by atoms with van der Waals surface area (Å²) in [7, 11) is 0. The number of hydrogen-bond acceptors (Lipinski definition) is 5. The van der Waals surface area contributed by atoms with Gasteiger partial charge in [-0.15, -0.1) is 11.3 Å². The van der Waals surface area contributed by atoms with Gasteiger partial charge in [0.15, 0.2) is 0 Å². The number of aromatic nitrogens is 3. The SMILES string of the molecule is Cc1cc(Cn2cnc3sc4c(c3c2=O)CCCC4)no1. The van der Waals surface area contributed by atoms with E-state index in [2.05, 4.69) is 10.1 Å². The molecule has 0 spiro atoms. The third-order valence-corrected chi connectivity index (χ3v) is 5.15. The van der Waals surface area contributed by atoms with Gasteiger partial charge in [-0.2, -0.15) is 0 Å². The van der Waals surface area contributed by atoms with E-state index in [0.29, 0.717) is 6.54 Å². The van der Waals surface area contributed by atoms with Crippen molar-refractivity contribution in [2.24, 2.45) is 0 Å². The Balaban J connectivity index is 1.84. The maximum absolute atomic E-state index is 12.7. The largest absolute Gasteiger partial charge is 0.361 e. The van der Waals surface area contributed by atoms with Crippen molar-refractivity contribution in [3.05, 3.63) is 44.6 Å². The molecule has 0 aliphatic heterocycles. The lowest BCUT2D eigenvalue weighted by Crippen LogP contribution is -2.21. The Morgan fingerprint density at radius 2 is 2.24 bits per heavy atom. The number of thiophene rings is 1. The van der Waals surface area contributed by atoms with Gasteiger partial charge in [0.05, 0.1) is 18.3 Å². The summed E-state index contributed by atoms with van der Waals surface area (Å²) in [6, 6.07) is 1.85. The van der Waals surface area contributed by atoms with Crippen molar-refractivity contribution in [1.29, 1.82) is 0 Å². The zero-order valence-electron chi connectivity index (χ0n) is 11.8. The Hall–Kier alpha value is -1.95. The molecule has 0 amide bonds. The van der Waals surface area contributed by atoms with E-state index in [1.807, 2.05) is 13.0 Å². The molecule has 0 aromatic carbocycles. The number of hydrogen-bond donors (Lipinski definition) is 0. The van der Waals surface area contributed by atoms with Crippen molar-refractivity contribution in [2.75, 3.05) is 0 Å². The summed E-state index contributed by atoms with van der Waals surface area (Å²) in [6.07, 6.45) is 6.08. The summed E-state index contributed by atoms with van der Waals surface area (Å²) in [6.45, 7) is 2.25. The number of aryl methyl sites for hydroxylation is 3. The van der Waals surface area contributed by atoms with Crippen LogP contribution in [0.25, 0.3) is 10.2 Å². The summed E-state index contributed by atoms with van der Waals surface area (Å²) in [5, 5.41) is 4.76. The van der Waals surface area contributed by atoms with E-state index in [1.165, 1.54) is 16.9 Å². The van der Waals surface area contributed by atoms with E-state index in [9.17, 15) is 4.79 Å². The monoisotopic (exact) mass is 301 g/mol. The normalized spacial score (nSPS) is 14.5. The van der Waals surface area contributed by atoms with Crippen molar-refractivity contribution >= 4 is 21.6 Å². The predicted molar refractivity (Wildman–Crippen MR) is 80.9 cm³/mol. The minimum absolute atomic E-state index is 0.0417. The fourth-order valence-corrected chi connectivity index (χ4v) is 4.18. The lowest BCUT2D eigenvalue weighted by molar-refractivity contribution is 0.388.